The van der Waals surface area contributed by atoms with Crippen molar-refractivity contribution >= 4 is 16.5 Å². The molecule has 100 valence electrons. The van der Waals surface area contributed by atoms with E-state index >= 15 is 0 Å². The van der Waals surface area contributed by atoms with Crippen LogP contribution >= 0.6 is 11.3 Å². The van der Waals surface area contributed by atoms with Crippen LogP contribution in [0.2, 0.25) is 0 Å². The molecule has 1 fully saturated rings. The van der Waals surface area contributed by atoms with Crippen LogP contribution < -0.4 is 5.32 Å². The van der Waals surface area contributed by atoms with Gasteiger partial charge in [0.2, 0.25) is 5.13 Å². The Morgan fingerprint density at radius 1 is 1.21 bits per heavy atom. The Morgan fingerprint density at radius 3 is 2.63 bits per heavy atom. The smallest absolute Gasteiger partial charge is 0.205 e. The molecule has 3 rings (SSSR count). The van der Waals surface area contributed by atoms with Crippen LogP contribution in [0.5, 0.6) is 0 Å². The van der Waals surface area contributed by atoms with Gasteiger partial charge in [0.15, 0.2) is 0 Å². The lowest BCUT2D eigenvalue weighted by molar-refractivity contribution is 0.950. The highest BCUT2D eigenvalue weighted by Crippen LogP contribution is 2.41. The number of hydrogen-bond acceptors (Lipinski definition) is 4. The number of anilines is 1. The van der Waals surface area contributed by atoms with Crippen molar-refractivity contribution in [1.82, 2.24) is 10.2 Å². The Labute approximate surface area is 118 Å². The fraction of sp³-hybridized carbons (Fsp3) is 0.467. The van der Waals surface area contributed by atoms with Crippen LogP contribution in [0.4, 0.5) is 5.13 Å². The van der Waals surface area contributed by atoms with Crippen LogP contribution in [0, 0.1) is 13.8 Å². The average molecular weight is 273 g/mol. The molecule has 0 saturated heterocycles. The lowest BCUT2D eigenvalue weighted by Gasteiger charge is -2.09. The zero-order chi connectivity index (χ0) is 13.2. The molecular formula is C15H19N3S. The summed E-state index contributed by atoms with van der Waals surface area (Å²) >= 11 is 1.71. The molecule has 1 aliphatic carbocycles. The number of nitrogens with zero attached hydrogens (tertiary/aromatic N) is 2. The Balaban J connectivity index is 1.57. The fourth-order valence-electron chi connectivity index (χ4n) is 2.34. The minimum Gasteiger partial charge on any atom is -0.360 e. The highest BCUT2D eigenvalue weighted by molar-refractivity contribution is 7.15. The number of rotatable bonds is 5. The van der Waals surface area contributed by atoms with Gasteiger partial charge in [-0.1, -0.05) is 29.5 Å². The van der Waals surface area contributed by atoms with E-state index in [1.54, 1.807) is 11.3 Å². The van der Waals surface area contributed by atoms with Crippen LogP contribution in [-0.4, -0.2) is 16.7 Å². The molecule has 1 aromatic carbocycles. The summed E-state index contributed by atoms with van der Waals surface area (Å²) in [6, 6.07) is 6.48. The molecule has 1 N–H and O–H groups in total. The van der Waals surface area contributed by atoms with E-state index in [1.165, 1.54) is 34.5 Å². The van der Waals surface area contributed by atoms with Gasteiger partial charge in [0.25, 0.3) is 0 Å². The maximum atomic E-state index is 4.24. The first-order chi connectivity index (χ1) is 9.24. The van der Waals surface area contributed by atoms with Crippen molar-refractivity contribution in [3.63, 3.8) is 0 Å². The quantitative estimate of drug-likeness (QED) is 0.903. The molecule has 0 atom stereocenters. The molecule has 19 heavy (non-hydrogen) atoms. The highest BCUT2D eigenvalue weighted by Gasteiger charge is 2.27. The third kappa shape index (κ3) is 2.95. The van der Waals surface area contributed by atoms with Gasteiger partial charge in [-0.15, -0.1) is 10.2 Å². The summed E-state index contributed by atoms with van der Waals surface area (Å²) in [5.41, 5.74) is 4.19. The van der Waals surface area contributed by atoms with Gasteiger partial charge < -0.3 is 5.32 Å². The third-order valence-electron chi connectivity index (χ3n) is 3.66. The number of aromatic nitrogens is 2. The topological polar surface area (TPSA) is 37.8 Å². The summed E-state index contributed by atoms with van der Waals surface area (Å²) in [5.74, 6) is 0.701. The zero-order valence-electron chi connectivity index (χ0n) is 11.4. The van der Waals surface area contributed by atoms with Crippen LogP contribution in [0.25, 0.3) is 0 Å². The van der Waals surface area contributed by atoms with Gasteiger partial charge in [-0.2, -0.15) is 0 Å². The van der Waals surface area contributed by atoms with Crippen LogP contribution in [0.3, 0.4) is 0 Å². The molecule has 0 bridgehead atoms. The minimum absolute atomic E-state index is 0.701. The standard InChI is InChI=1S/C15H19N3S/c1-10-4-3-5-11(2)13(10)8-9-16-15-18-17-14(19-15)12-6-7-12/h3-5,12H,6-9H2,1-2H3,(H,16,18). The molecule has 0 spiro atoms. The van der Waals surface area contributed by atoms with Crippen molar-refractivity contribution < 1.29 is 0 Å². The van der Waals surface area contributed by atoms with Gasteiger partial charge in [-0.3, -0.25) is 0 Å². The molecular weight excluding hydrogens is 254 g/mol. The molecule has 1 aliphatic rings. The maximum absolute atomic E-state index is 4.24. The second-order valence-electron chi connectivity index (χ2n) is 5.27. The van der Waals surface area contributed by atoms with Gasteiger partial charge in [0.1, 0.15) is 5.01 Å². The molecule has 3 nitrogen and oxygen atoms in total. The van der Waals surface area contributed by atoms with Gasteiger partial charge in [-0.05, 0) is 49.8 Å². The summed E-state index contributed by atoms with van der Waals surface area (Å²) in [5, 5.41) is 14.0. The van der Waals surface area contributed by atoms with Gasteiger partial charge >= 0.3 is 0 Å². The Kier molecular flexibility index (Phi) is 3.51. The van der Waals surface area contributed by atoms with Gasteiger partial charge in [0.05, 0.1) is 0 Å². The molecule has 0 amide bonds. The average Bonchev–Trinajstić information content (AvgIpc) is 3.13. The van der Waals surface area contributed by atoms with Crippen LogP contribution in [0.15, 0.2) is 18.2 Å². The van der Waals surface area contributed by atoms with Crippen molar-refractivity contribution in [1.29, 1.82) is 0 Å². The molecule has 1 heterocycles. The molecule has 2 aromatic rings. The Bertz CT molecular complexity index is 552. The van der Waals surface area contributed by atoms with E-state index in [2.05, 4.69) is 47.6 Å². The highest BCUT2D eigenvalue weighted by atomic mass is 32.1. The van der Waals surface area contributed by atoms with Crippen LogP contribution in [0.1, 0.15) is 40.5 Å². The Hall–Kier alpha value is -1.42. The molecule has 4 heteroatoms. The first-order valence-corrected chi connectivity index (χ1v) is 7.68. The van der Waals surface area contributed by atoms with E-state index in [0.717, 1.165) is 18.1 Å². The fourth-order valence-corrected chi connectivity index (χ4v) is 3.28. The van der Waals surface area contributed by atoms with Crippen molar-refractivity contribution in [3.05, 3.63) is 39.9 Å². The first-order valence-electron chi connectivity index (χ1n) is 6.86. The Morgan fingerprint density at radius 2 is 1.95 bits per heavy atom. The predicted octanol–water partition coefficient (Wildman–Crippen LogP) is 3.69. The van der Waals surface area contributed by atoms with Crippen molar-refractivity contribution in [2.24, 2.45) is 0 Å². The van der Waals surface area contributed by atoms with Crippen molar-refractivity contribution in [3.8, 4) is 0 Å². The van der Waals surface area contributed by atoms with E-state index < -0.39 is 0 Å². The van der Waals surface area contributed by atoms with E-state index in [0.29, 0.717) is 5.92 Å². The van der Waals surface area contributed by atoms with E-state index in [1.807, 2.05) is 0 Å². The summed E-state index contributed by atoms with van der Waals surface area (Å²) < 4.78 is 0. The lowest BCUT2D eigenvalue weighted by Crippen LogP contribution is -2.06. The maximum Gasteiger partial charge on any atom is 0.205 e. The monoisotopic (exact) mass is 273 g/mol. The number of benzene rings is 1. The van der Waals surface area contributed by atoms with Gasteiger partial charge in [0, 0.05) is 12.5 Å². The summed E-state index contributed by atoms with van der Waals surface area (Å²) in [7, 11) is 0. The number of hydrogen-bond donors (Lipinski definition) is 1. The molecule has 0 aliphatic heterocycles. The van der Waals surface area contributed by atoms with E-state index in [-0.39, 0.29) is 0 Å². The lowest BCUT2D eigenvalue weighted by atomic mass is 10.0. The summed E-state index contributed by atoms with van der Waals surface area (Å²) in [4.78, 5) is 0. The number of nitrogens with one attached hydrogen (secondary N) is 1. The number of aryl methyl sites for hydroxylation is 2. The van der Waals surface area contributed by atoms with Gasteiger partial charge in [-0.25, -0.2) is 0 Å². The third-order valence-corrected chi connectivity index (χ3v) is 4.71. The SMILES string of the molecule is Cc1cccc(C)c1CCNc1nnc(C2CC2)s1. The predicted molar refractivity (Wildman–Crippen MR) is 80.0 cm³/mol. The molecule has 0 unspecified atom stereocenters. The normalized spacial score (nSPS) is 14.6. The van der Waals surface area contributed by atoms with Crippen molar-refractivity contribution in [2.75, 3.05) is 11.9 Å². The second kappa shape index (κ2) is 5.29. The molecule has 1 saturated carbocycles. The van der Waals surface area contributed by atoms with E-state index in [9.17, 15) is 0 Å². The molecule has 0 radical (unpaired) electrons. The second-order valence-corrected chi connectivity index (χ2v) is 6.28. The largest absolute Gasteiger partial charge is 0.360 e. The van der Waals surface area contributed by atoms with Crippen LogP contribution in [-0.2, 0) is 6.42 Å². The van der Waals surface area contributed by atoms with E-state index in [4.69, 9.17) is 0 Å². The van der Waals surface area contributed by atoms with Crippen molar-refractivity contribution in [2.45, 2.75) is 39.0 Å². The zero-order valence-corrected chi connectivity index (χ0v) is 12.3. The minimum atomic E-state index is 0.701. The summed E-state index contributed by atoms with van der Waals surface area (Å²) in [6.45, 7) is 5.28. The molecule has 1 aromatic heterocycles. The first kappa shape index (κ1) is 12.6. The summed E-state index contributed by atoms with van der Waals surface area (Å²) in [6.07, 6.45) is 3.62.